The topological polar surface area (TPSA) is 49.2 Å². The van der Waals surface area contributed by atoms with Crippen LogP contribution in [0.25, 0.3) is 22.2 Å². The second-order valence-electron chi connectivity index (χ2n) is 8.65. The molecule has 1 atom stereocenters. The van der Waals surface area contributed by atoms with Gasteiger partial charge in [-0.15, -0.1) is 0 Å². The van der Waals surface area contributed by atoms with Crippen molar-refractivity contribution in [2.24, 2.45) is 0 Å². The zero-order valence-corrected chi connectivity index (χ0v) is 21.2. The van der Waals surface area contributed by atoms with Crippen LogP contribution in [-0.4, -0.2) is 27.5 Å². The highest BCUT2D eigenvalue weighted by Gasteiger charge is 2.31. The highest BCUT2D eigenvalue weighted by molar-refractivity contribution is 14.1. The third-order valence-corrected chi connectivity index (χ3v) is 6.83. The molecule has 10 heteroatoms. The molecule has 4 aromatic rings. The van der Waals surface area contributed by atoms with Gasteiger partial charge in [-0.3, -0.25) is 4.98 Å². The molecule has 36 heavy (non-hydrogen) atoms. The van der Waals surface area contributed by atoms with Crippen molar-refractivity contribution in [3.05, 3.63) is 75.4 Å². The molecule has 1 aliphatic rings. The van der Waals surface area contributed by atoms with Gasteiger partial charge in [-0.2, -0.15) is 18.3 Å². The Morgan fingerprint density at radius 3 is 2.64 bits per heavy atom. The molecule has 5 rings (SSSR count). The summed E-state index contributed by atoms with van der Waals surface area (Å²) in [5.41, 5.74) is 1.63. The molecule has 1 saturated heterocycles. The predicted molar refractivity (Wildman–Crippen MR) is 135 cm³/mol. The first kappa shape index (κ1) is 24.9. The van der Waals surface area contributed by atoms with Crippen molar-refractivity contribution in [2.75, 3.05) is 6.61 Å². The van der Waals surface area contributed by atoms with E-state index in [0.29, 0.717) is 15.8 Å². The van der Waals surface area contributed by atoms with Gasteiger partial charge in [0.05, 0.1) is 23.0 Å². The number of hydrogen-bond donors (Lipinski definition) is 0. The monoisotopic (exact) mass is 611 g/mol. The van der Waals surface area contributed by atoms with Crippen LogP contribution in [0.4, 0.5) is 17.6 Å². The van der Waals surface area contributed by atoms with Crippen LogP contribution in [-0.2, 0) is 17.8 Å². The van der Waals surface area contributed by atoms with Crippen LogP contribution in [0, 0.1) is 9.52 Å². The first-order chi connectivity index (χ1) is 17.3. The van der Waals surface area contributed by atoms with Crippen LogP contribution >= 0.6 is 22.6 Å². The number of pyridine rings is 1. The van der Waals surface area contributed by atoms with Crippen LogP contribution in [0.3, 0.4) is 0 Å². The van der Waals surface area contributed by atoms with E-state index in [2.05, 4.69) is 32.7 Å². The van der Waals surface area contributed by atoms with E-state index in [1.807, 2.05) is 6.07 Å². The number of alkyl halides is 3. The molecule has 0 saturated carbocycles. The van der Waals surface area contributed by atoms with Gasteiger partial charge in [0, 0.05) is 18.4 Å². The summed E-state index contributed by atoms with van der Waals surface area (Å²) < 4.78 is 69.4. The first-order valence-electron chi connectivity index (χ1n) is 11.5. The molecule has 0 spiro atoms. The summed E-state index contributed by atoms with van der Waals surface area (Å²) in [6, 6.07) is 12.9. The van der Waals surface area contributed by atoms with Gasteiger partial charge in [-0.1, -0.05) is 30.3 Å². The molecule has 1 aliphatic heterocycles. The zero-order chi connectivity index (χ0) is 25.3. The van der Waals surface area contributed by atoms with E-state index in [1.54, 1.807) is 41.2 Å². The van der Waals surface area contributed by atoms with Crippen molar-refractivity contribution in [1.82, 2.24) is 14.8 Å². The summed E-state index contributed by atoms with van der Waals surface area (Å²) in [6.07, 6.45) is -1.70. The number of benzene rings is 2. The van der Waals surface area contributed by atoms with Crippen LogP contribution in [0.1, 0.15) is 36.6 Å². The molecule has 0 N–H and O–H groups in total. The molecule has 2 aromatic heterocycles. The Hall–Kier alpha value is -2.73. The number of ether oxygens (including phenoxy) is 2. The summed E-state index contributed by atoms with van der Waals surface area (Å²) in [5, 5.41) is 5.34. The number of rotatable bonds is 6. The Balaban J connectivity index is 1.55. The lowest BCUT2D eigenvalue weighted by Gasteiger charge is -2.23. The minimum absolute atomic E-state index is 0.0335. The maximum atomic E-state index is 15.1. The summed E-state index contributed by atoms with van der Waals surface area (Å²) in [6.45, 7) is 0.651. The second kappa shape index (κ2) is 10.3. The summed E-state index contributed by atoms with van der Waals surface area (Å²) in [4.78, 5) is 4.38. The van der Waals surface area contributed by atoms with Gasteiger partial charge in [0.1, 0.15) is 10.3 Å². The van der Waals surface area contributed by atoms with Crippen molar-refractivity contribution in [1.29, 1.82) is 0 Å². The van der Waals surface area contributed by atoms with Crippen LogP contribution in [0.15, 0.2) is 54.7 Å². The smallest absolute Gasteiger partial charge is 0.393 e. The third-order valence-electron chi connectivity index (χ3n) is 6.04. The molecule has 0 radical (unpaired) electrons. The molecule has 0 amide bonds. The zero-order valence-electron chi connectivity index (χ0n) is 19.1. The standard InChI is InChI=1S/C26H22F4IN3O2/c27-20-11-18(17(13-26(28,29)30)10-23(20)36-15-16-6-2-1-3-7-16)21-12-22-19(14-32-21)25(31)33-34(22)24-8-4-5-9-35-24/h1-3,6-7,10-12,14,24H,4-5,8-9,13,15H2. The van der Waals surface area contributed by atoms with Crippen molar-refractivity contribution in [2.45, 2.75) is 44.7 Å². The molecule has 2 aromatic carbocycles. The third kappa shape index (κ3) is 5.49. The van der Waals surface area contributed by atoms with E-state index < -0.39 is 18.4 Å². The van der Waals surface area contributed by atoms with E-state index in [4.69, 9.17) is 9.47 Å². The normalized spacial score (nSPS) is 16.4. The van der Waals surface area contributed by atoms with Gasteiger partial charge in [-0.25, -0.2) is 9.07 Å². The first-order valence-corrected chi connectivity index (χ1v) is 12.6. The van der Waals surface area contributed by atoms with Gasteiger partial charge in [-0.05, 0) is 71.2 Å². The molecule has 188 valence electrons. The Morgan fingerprint density at radius 2 is 1.92 bits per heavy atom. The molecule has 3 heterocycles. The molecule has 5 nitrogen and oxygen atoms in total. The largest absolute Gasteiger partial charge is 0.486 e. The minimum Gasteiger partial charge on any atom is -0.486 e. The molecular weight excluding hydrogens is 589 g/mol. The number of halogens is 5. The number of aromatic nitrogens is 3. The van der Waals surface area contributed by atoms with Gasteiger partial charge >= 0.3 is 6.18 Å². The van der Waals surface area contributed by atoms with Gasteiger partial charge in [0.15, 0.2) is 17.8 Å². The predicted octanol–water partition coefficient (Wildman–Crippen LogP) is 7.22. The van der Waals surface area contributed by atoms with E-state index >= 15 is 4.39 Å². The van der Waals surface area contributed by atoms with E-state index in [1.165, 1.54) is 0 Å². The van der Waals surface area contributed by atoms with E-state index in [-0.39, 0.29) is 35.4 Å². The Kier molecular flexibility index (Phi) is 7.16. The molecule has 0 aliphatic carbocycles. The highest BCUT2D eigenvalue weighted by Crippen LogP contribution is 2.36. The van der Waals surface area contributed by atoms with E-state index in [9.17, 15) is 13.2 Å². The van der Waals surface area contributed by atoms with Crippen LogP contribution in [0.5, 0.6) is 5.75 Å². The quantitative estimate of drug-likeness (QED) is 0.171. The van der Waals surface area contributed by atoms with Crippen molar-refractivity contribution < 1.29 is 27.0 Å². The number of nitrogens with zero attached hydrogens (tertiary/aromatic N) is 3. The highest BCUT2D eigenvalue weighted by atomic mass is 127. The average molecular weight is 611 g/mol. The van der Waals surface area contributed by atoms with Crippen LogP contribution < -0.4 is 4.74 Å². The minimum atomic E-state index is -4.50. The maximum absolute atomic E-state index is 15.1. The summed E-state index contributed by atoms with van der Waals surface area (Å²) in [7, 11) is 0. The van der Waals surface area contributed by atoms with Crippen molar-refractivity contribution in [3.63, 3.8) is 0 Å². The number of hydrogen-bond acceptors (Lipinski definition) is 4. The maximum Gasteiger partial charge on any atom is 0.393 e. The van der Waals surface area contributed by atoms with E-state index in [0.717, 1.165) is 42.3 Å². The van der Waals surface area contributed by atoms with Gasteiger partial charge < -0.3 is 9.47 Å². The summed E-state index contributed by atoms with van der Waals surface area (Å²) in [5.74, 6) is -0.995. The van der Waals surface area contributed by atoms with Gasteiger partial charge in [0.25, 0.3) is 0 Å². The lowest BCUT2D eigenvalue weighted by Crippen LogP contribution is -2.19. The fourth-order valence-electron chi connectivity index (χ4n) is 4.32. The lowest BCUT2D eigenvalue weighted by molar-refractivity contribution is -0.127. The lowest BCUT2D eigenvalue weighted by atomic mass is 9.99. The van der Waals surface area contributed by atoms with Crippen molar-refractivity contribution >= 4 is 33.5 Å². The molecule has 0 bridgehead atoms. The fraction of sp³-hybridized carbons (Fsp3) is 0.308. The molecular formula is C26H22F4IN3O2. The fourth-order valence-corrected chi connectivity index (χ4v) is 4.97. The van der Waals surface area contributed by atoms with Crippen LogP contribution in [0.2, 0.25) is 0 Å². The Morgan fingerprint density at radius 1 is 1.11 bits per heavy atom. The van der Waals surface area contributed by atoms with Gasteiger partial charge in [0.2, 0.25) is 0 Å². The Labute approximate surface area is 218 Å². The molecule has 1 unspecified atom stereocenters. The second-order valence-corrected chi connectivity index (χ2v) is 9.67. The average Bonchev–Trinajstić information content (AvgIpc) is 3.20. The molecule has 1 fully saturated rings. The Bertz CT molecular complexity index is 1370. The van der Waals surface area contributed by atoms with Crippen molar-refractivity contribution in [3.8, 4) is 17.0 Å². The number of fused-ring (bicyclic) bond motifs is 1. The SMILES string of the molecule is Fc1cc(-c2cc3c(cn2)c(I)nn3C2CCCCO2)c(CC(F)(F)F)cc1OCc1ccccc1. The summed E-state index contributed by atoms with van der Waals surface area (Å²) >= 11 is 2.10.